The van der Waals surface area contributed by atoms with Crippen LogP contribution in [0.25, 0.3) is 11.0 Å². The minimum atomic E-state index is -0.411. The molecule has 0 aliphatic heterocycles. The predicted octanol–water partition coefficient (Wildman–Crippen LogP) is 4.87. The zero-order valence-corrected chi connectivity index (χ0v) is 21.9. The number of hydrogen-bond acceptors (Lipinski definition) is 6. The summed E-state index contributed by atoms with van der Waals surface area (Å²) in [4.78, 5) is 16.5. The first-order valence-corrected chi connectivity index (χ1v) is 12.2. The van der Waals surface area contributed by atoms with Gasteiger partial charge in [0, 0.05) is 19.4 Å². The number of benzene rings is 2. The molecule has 0 fully saturated rings. The van der Waals surface area contributed by atoms with Crippen LogP contribution in [-0.4, -0.2) is 42.0 Å². The normalized spacial score (nSPS) is 12.5. The molecule has 1 aromatic heterocycles. The summed E-state index contributed by atoms with van der Waals surface area (Å²) >= 11 is 0. The number of aromatic nitrogens is 2. The molecule has 0 aliphatic carbocycles. The fourth-order valence-corrected chi connectivity index (χ4v) is 4.08. The number of rotatable bonds is 13. The van der Waals surface area contributed by atoms with Crippen LogP contribution in [0.2, 0.25) is 0 Å². The number of imidazole rings is 1. The van der Waals surface area contributed by atoms with Crippen molar-refractivity contribution < 1.29 is 24.2 Å². The fourth-order valence-electron chi connectivity index (χ4n) is 4.08. The maximum absolute atomic E-state index is 11.5. The van der Waals surface area contributed by atoms with Crippen LogP contribution in [0.1, 0.15) is 30.3 Å². The Balaban J connectivity index is 1.97. The number of carbonyl (C=O) groups is 1. The number of carbonyl (C=O) groups excluding carboxylic acids is 1. The first kappa shape index (κ1) is 27.5. The second kappa shape index (κ2) is 13.9. The highest BCUT2D eigenvalue weighted by Gasteiger charge is 2.15. The molecule has 0 radical (unpaired) electrons. The molecule has 37 heavy (non-hydrogen) atoms. The van der Waals surface area contributed by atoms with Gasteiger partial charge in [-0.15, -0.1) is 0 Å². The summed E-state index contributed by atoms with van der Waals surface area (Å²) in [7, 11) is 4.72. The number of hydrogen-bond donors (Lipinski definition) is 2. The summed E-state index contributed by atoms with van der Waals surface area (Å²) in [6, 6.07) is 16.4. The van der Waals surface area contributed by atoms with E-state index in [1.807, 2.05) is 55.5 Å². The number of fused-ring (bicyclic) bond motifs is 1. The minimum Gasteiger partial charge on any atom is -0.500 e. The van der Waals surface area contributed by atoms with Crippen LogP contribution < -0.4 is 5.48 Å². The van der Waals surface area contributed by atoms with Gasteiger partial charge in [-0.2, -0.15) is 0 Å². The van der Waals surface area contributed by atoms with Crippen LogP contribution in [0.3, 0.4) is 0 Å². The Labute approximate surface area is 217 Å². The zero-order chi connectivity index (χ0) is 26.6. The van der Waals surface area contributed by atoms with Crippen LogP contribution in [-0.2, 0) is 44.8 Å². The number of allylic oxidation sites excluding steroid dienone is 3. The van der Waals surface area contributed by atoms with Gasteiger partial charge in [0.25, 0.3) is 0 Å². The lowest BCUT2D eigenvalue weighted by atomic mass is 10.1. The standard InChI is InChI=1S/C29H35N3O5/c1-5-21(18-26(36-3)27(37-4)20-35-2)19-32-25-14-11-23(13-16-29(33)31-34)17-24(25)30-28(32)15-12-22-9-7-6-8-10-22/h5-11,14,17-18,20,34H,12-13,15-16,19H2,1-4H3,(H,31,33)/b21-5+,26-18+,27-20-. The Morgan fingerprint density at radius 1 is 1.00 bits per heavy atom. The van der Waals surface area contributed by atoms with Crippen LogP contribution in [0, 0.1) is 0 Å². The van der Waals surface area contributed by atoms with E-state index in [4.69, 9.17) is 24.4 Å². The van der Waals surface area contributed by atoms with E-state index < -0.39 is 5.91 Å². The van der Waals surface area contributed by atoms with Crippen molar-refractivity contribution in [1.29, 1.82) is 0 Å². The molecule has 0 spiro atoms. The van der Waals surface area contributed by atoms with Crippen LogP contribution in [0.15, 0.2) is 84.0 Å². The summed E-state index contributed by atoms with van der Waals surface area (Å²) in [5.41, 5.74) is 6.80. The van der Waals surface area contributed by atoms with E-state index >= 15 is 0 Å². The van der Waals surface area contributed by atoms with E-state index in [-0.39, 0.29) is 6.42 Å². The van der Waals surface area contributed by atoms with Crippen molar-refractivity contribution in [2.75, 3.05) is 21.3 Å². The van der Waals surface area contributed by atoms with Crippen LogP contribution in [0.5, 0.6) is 0 Å². The molecule has 0 saturated heterocycles. The SMILES string of the molecule is C\C=C(/C=C(OC)\C(=C\OC)OC)Cn1c(CCc2ccccc2)nc2cc(CCC(=O)NO)ccc21. The van der Waals surface area contributed by atoms with Gasteiger partial charge < -0.3 is 18.8 Å². The van der Waals surface area contributed by atoms with Crippen molar-refractivity contribution in [3.8, 4) is 0 Å². The van der Waals surface area contributed by atoms with Crippen molar-refractivity contribution >= 4 is 16.9 Å². The Hall–Kier alpha value is -4.04. The molecule has 1 heterocycles. The first-order valence-electron chi connectivity index (χ1n) is 12.2. The average Bonchev–Trinajstić information content (AvgIpc) is 3.28. The van der Waals surface area contributed by atoms with Gasteiger partial charge in [0.05, 0.1) is 32.4 Å². The lowest BCUT2D eigenvalue weighted by Crippen LogP contribution is -2.18. The van der Waals surface area contributed by atoms with Crippen molar-refractivity contribution in [3.05, 3.63) is 101 Å². The molecule has 0 unspecified atom stereocenters. The molecule has 0 aliphatic rings. The lowest BCUT2D eigenvalue weighted by Gasteiger charge is -2.13. The summed E-state index contributed by atoms with van der Waals surface area (Å²) in [5.74, 6) is 1.60. The van der Waals surface area contributed by atoms with Crippen LogP contribution in [0.4, 0.5) is 0 Å². The minimum absolute atomic E-state index is 0.202. The molecule has 2 N–H and O–H groups in total. The molecule has 3 aromatic rings. The number of nitrogens with zero attached hydrogens (tertiary/aromatic N) is 2. The van der Waals surface area contributed by atoms with Gasteiger partial charge in [-0.1, -0.05) is 42.5 Å². The van der Waals surface area contributed by atoms with E-state index in [1.54, 1.807) is 26.8 Å². The van der Waals surface area contributed by atoms with Crippen LogP contribution >= 0.6 is 0 Å². The van der Waals surface area contributed by atoms with Crippen molar-refractivity contribution in [2.45, 2.75) is 39.2 Å². The third-order valence-corrected chi connectivity index (χ3v) is 6.07. The predicted molar refractivity (Wildman–Crippen MR) is 143 cm³/mol. The summed E-state index contributed by atoms with van der Waals surface area (Å²) in [5, 5.41) is 8.79. The van der Waals surface area contributed by atoms with Gasteiger partial charge in [-0.05, 0) is 54.7 Å². The molecule has 0 bridgehead atoms. The van der Waals surface area contributed by atoms with E-state index in [1.165, 1.54) is 11.8 Å². The Bertz CT molecular complexity index is 1280. The smallest absolute Gasteiger partial charge is 0.243 e. The molecule has 0 atom stereocenters. The highest BCUT2D eigenvalue weighted by molar-refractivity contribution is 5.78. The maximum Gasteiger partial charge on any atom is 0.243 e. The van der Waals surface area contributed by atoms with Gasteiger partial charge in [0.1, 0.15) is 12.1 Å². The van der Waals surface area contributed by atoms with Gasteiger partial charge >= 0.3 is 0 Å². The molecular formula is C29H35N3O5. The number of hydroxylamine groups is 1. The number of ether oxygens (including phenoxy) is 3. The number of nitrogens with one attached hydrogen (secondary N) is 1. The molecule has 0 saturated carbocycles. The van der Waals surface area contributed by atoms with E-state index in [0.717, 1.165) is 40.8 Å². The molecule has 8 nitrogen and oxygen atoms in total. The summed E-state index contributed by atoms with van der Waals surface area (Å²) in [6.07, 6.45) is 7.82. The summed E-state index contributed by atoms with van der Waals surface area (Å²) < 4.78 is 18.3. The third kappa shape index (κ3) is 7.47. The molecule has 1 amide bonds. The largest absolute Gasteiger partial charge is 0.500 e. The average molecular weight is 506 g/mol. The first-order chi connectivity index (χ1) is 18.0. The van der Waals surface area contributed by atoms with Crippen molar-refractivity contribution in [3.63, 3.8) is 0 Å². The lowest BCUT2D eigenvalue weighted by molar-refractivity contribution is -0.129. The Kier molecular flexibility index (Phi) is 10.3. The monoisotopic (exact) mass is 505 g/mol. The fraction of sp³-hybridized carbons (Fsp3) is 0.310. The van der Waals surface area contributed by atoms with E-state index in [2.05, 4.69) is 16.7 Å². The third-order valence-electron chi connectivity index (χ3n) is 6.07. The van der Waals surface area contributed by atoms with E-state index in [0.29, 0.717) is 24.5 Å². The van der Waals surface area contributed by atoms with E-state index in [9.17, 15) is 4.79 Å². The highest BCUT2D eigenvalue weighted by Crippen LogP contribution is 2.23. The molecular weight excluding hydrogens is 470 g/mol. The van der Waals surface area contributed by atoms with Gasteiger partial charge in [0.2, 0.25) is 5.91 Å². The molecule has 3 rings (SSSR count). The number of methoxy groups -OCH3 is 3. The Morgan fingerprint density at radius 3 is 2.41 bits per heavy atom. The van der Waals surface area contributed by atoms with Gasteiger partial charge in [-0.3, -0.25) is 10.0 Å². The molecule has 8 heteroatoms. The maximum atomic E-state index is 11.5. The van der Waals surface area contributed by atoms with Gasteiger partial charge in [0.15, 0.2) is 11.5 Å². The van der Waals surface area contributed by atoms with Gasteiger partial charge in [-0.25, -0.2) is 10.5 Å². The second-order valence-corrected chi connectivity index (χ2v) is 8.46. The number of aryl methyl sites for hydroxylation is 3. The number of amides is 1. The quantitative estimate of drug-likeness (QED) is 0.149. The van der Waals surface area contributed by atoms with Crippen molar-refractivity contribution in [1.82, 2.24) is 15.0 Å². The highest BCUT2D eigenvalue weighted by atomic mass is 16.5. The topological polar surface area (TPSA) is 94.8 Å². The summed E-state index contributed by atoms with van der Waals surface area (Å²) in [6.45, 7) is 2.57. The Morgan fingerprint density at radius 2 is 1.76 bits per heavy atom. The second-order valence-electron chi connectivity index (χ2n) is 8.46. The molecule has 196 valence electrons. The molecule has 2 aromatic carbocycles. The zero-order valence-electron chi connectivity index (χ0n) is 21.9. The van der Waals surface area contributed by atoms with Crippen molar-refractivity contribution in [2.24, 2.45) is 0 Å².